The van der Waals surface area contributed by atoms with Crippen molar-refractivity contribution in [3.63, 3.8) is 0 Å². The zero-order valence-corrected chi connectivity index (χ0v) is 10.0. The highest BCUT2D eigenvalue weighted by atomic mass is 79.9. The summed E-state index contributed by atoms with van der Waals surface area (Å²) < 4.78 is 6.29. The van der Waals surface area contributed by atoms with Gasteiger partial charge in [0.05, 0.1) is 11.6 Å². The fraction of sp³-hybridized carbons (Fsp3) is 0.455. The van der Waals surface area contributed by atoms with Gasteiger partial charge in [0.25, 0.3) is 0 Å². The molecule has 76 valence electrons. The monoisotopic (exact) mass is 255 g/mol. The molecule has 1 saturated carbocycles. The second-order valence-corrected chi connectivity index (χ2v) is 4.54. The maximum atomic E-state index is 5.28. The number of ether oxygens (including phenoxy) is 1. The molecular formula is C11H14BrNO. The third-order valence-electron chi connectivity index (χ3n) is 2.93. The van der Waals surface area contributed by atoms with Crippen LogP contribution in [-0.4, -0.2) is 14.2 Å². The first-order valence-corrected chi connectivity index (χ1v) is 5.54. The quantitative estimate of drug-likeness (QED) is 0.897. The summed E-state index contributed by atoms with van der Waals surface area (Å²) in [4.78, 5) is 0. The molecule has 0 aromatic heterocycles. The van der Waals surface area contributed by atoms with Gasteiger partial charge in [-0.2, -0.15) is 0 Å². The lowest BCUT2D eigenvalue weighted by atomic mass is 10.1. The van der Waals surface area contributed by atoms with Crippen LogP contribution in [-0.2, 0) is 5.54 Å². The highest BCUT2D eigenvalue weighted by molar-refractivity contribution is 9.10. The molecule has 0 heterocycles. The van der Waals surface area contributed by atoms with Gasteiger partial charge in [-0.25, -0.2) is 0 Å². The maximum absolute atomic E-state index is 5.28. The van der Waals surface area contributed by atoms with E-state index >= 15 is 0 Å². The van der Waals surface area contributed by atoms with Crippen LogP contribution in [0.4, 0.5) is 0 Å². The van der Waals surface area contributed by atoms with Gasteiger partial charge in [0.15, 0.2) is 0 Å². The first-order valence-electron chi connectivity index (χ1n) is 4.75. The molecule has 0 atom stereocenters. The summed E-state index contributed by atoms with van der Waals surface area (Å²) >= 11 is 3.45. The topological polar surface area (TPSA) is 21.3 Å². The Morgan fingerprint density at radius 1 is 1.43 bits per heavy atom. The summed E-state index contributed by atoms with van der Waals surface area (Å²) in [7, 11) is 3.71. The largest absolute Gasteiger partial charge is 0.496 e. The van der Waals surface area contributed by atoms with Crippen LogP contribution in [0, 0.1) is 0 Å². The second kappa shape index (κ2) is 3.55. The second-order valence-electron chi connectivity index (χ2n) is 3.68. The summed E-state index contributed by atoms with van der Waals surface area (Å²) in [6, 6.07) is 6.30. The molecule has 0 spiro atoms. The van der Waals surface area contributed by atoms with Gasteiger partial charge >= 0.3 is 0 Å². The molecule has 1 N–H and O–H groups in total. The molecule has 0 radical (unpaired) electrons. The smallest absolute Gasteiger partial charge is 0.133 e. The maximum Gasteiger partial charge on any atom is 0.133 e. The molecule has 2 rings (SSSR count). The molecule has 1 aliphatic carbocycles. The number of nitrogens with one attached hydrogen (secondary N) is 1. The standard InChI is InChI=1S/C11H14BrNO/c1-13-11(5-6-11)8-3-4-9(12)10(7-8)14-2/h3-4,7,13H,5-6H2,1-2H3. The van der Waals surface area contributed by atoms with Crippen molar-refractivity contribution >= 4 is 15.9 Å². The average molecular weight is 256 g/mol. The van der Waals surface area contributed by atoms with Gasteiger partial charge in [0.1, 0.15) is 5.75 Å². The van der Waals surface area contributed by atoms with E-state index in [2.05, 4.69) is 33.4 Å². The molecule has 0 bridgehead atoms. The lowest BCUT2D eigenvalue weighted by Gasteiger charge is -2.16. The minimum Gasteiger partial charge on any atom is -0.496 e. The molecule has 0 unspecified atom stereocenters. The van der Waals surface area contributed by atoms with Gasteiger partial charge in [0, 0.05) is 5.54 Å². The van der Waals surface area contributed by atoms with Gasteiger partial charge in [-0.3, -0.25) is 0 Å². The summed E-state index contributed by atoms with van der Waals surface area (Å²) in [5.41, 5.74) is 1.54. The number of hydrogen-bond acceptors (Lipinski definition) is 2. The number of hydrogen-bond donors (Lipinski definition) is 1. The van der Waals surface area contributed by atoms with E-state index in [1.807, 2.05) is 13.1 Å². The molecule has 3 heteroatoms. The van der Waals surface area contributed by atoms with Gasteiger partial charge in [-0.1, -0.05) is 6.07 Å². The fourth-order valence-corrected chi connectivity index (χ4v) is 2.17. The van der Waals surface area contributed by atoms with E-state index in [0.717, 1.165) is 10.2 Å². The predicted octanol–water partition coefficient (Wildman–Crippen LogP) is 2.67. The first kappa shape index (κ1) is 9.99. The highest BCUT2D eigenvalue weighted by Crippen LogP contribution is 2.46. The van der Waals surface area contributed by atoms with Crippen molar-refractivity contribution in [1.29, 1.82) is 0 Å². The summed E-state index contributed by atoms with van der Waals surface area (Å²) in [6.45, 7) is 0. The van der Waals surface area contributed by atoms with Crippen LogP contribution in [0.1, 0.15) is 18.4 Å². The van der Waals surface area contributed by atoms with Gasteiger partial charge in [-0.05, 0) is 53.5 Å². The van der Waals surface area contributed by atoms with E-state index < -0.39 is 0 Å². The summed E-state index contributed by atoms with van der Waals surface area (Å²) in [5, 5.41) is 3.37. The van der Waals surface area contributed by atoms with Crippen molar-refractivity contribution in [3.05, 3.63) is 28.2 Å². The Morgan fingerprint density at radius 2 is 2.14 bits per heavy atom. The van der Waals surface area contributed by atoms with Crippen molar-refractivity contribution in [3.8, 4) is 5.75 Å². The Hall–Kier alpha value is -0.540. The lowest BCUT2D eigenvalue weighted by Crippen LogP contribution is -2.24. The van der Waals surface area contributed by atoms with Crippen molar-refractivity contribution < 1.29 is 4.74 Å². The summed E-state index contributed by atoms with van der Waals surface area (Å²) in [5.74, 6) is 0.907. The van der Waals surface area contributed by atoms with Crippen LogP contribution < -0.4 is 10.1 Å². The molecule has 0 aliphatic heterocycles. The van der Waals surface area contributed by atoms with Gasteiger partial charge in [-0.15, -0.1) is 0 Å². The molecule has 0 amide bonds. The molecule has 14 heavy (non-hydrogen) atoms. The normalized spacial score (nSPS) is 17.9. The predicted molar refractivity (Wildman–Crippen MR) is 60.7 cm³/mol. The number of halogens is 1. The van der Waals surface area contributed by atoms with Crippen LogP contribution in [0.2, 0.25) is 0 Å². The zero-order valence-electron chi connectivity index (χ0n) is 8.43. The van der Waals surface area contributed by atoms with E-state index in [-0.39, 0.29) is 5.54 Å². The van der Waals surface area contributed by atoms with Crippen LogP contribution >= 0.6 is 15.9 Å². The van der Waals surface area contributed by atoms with E-state index in [9.17, 15) is 0 Å². The first-order chi connectivity index (χ1) is 6.72. The molecule has 1 aliphatic rings. The van der Waals surface area contributed by atoms with Crippen molar-refractivity contribution in [2.24, 2.45) is 0 Å². The third kappa shape index (κ3) is 1.55. The van der Waals surface area contributed by atoms with Crippen molar-refractivity contribution in [2.75, 3.05) is 14.2 Å². The zero-order chi connectivity index (χ0) is 10.2. The number of methoxy groups -OCH3 is 1. The Bertz CT molecular complexity index is 347. The summed E-state index contributed by atoms with van der Waals surface area (Å²) in [6.07, 6.45) is 2.43. The van der Waals surface area contributed by atoms with Gasteiger partial charge < -0.3 is 10.1 Å². The molecule has 0 saturated heterocycles. The minimum absolute atomic E-state index is 0.216. The fourth-order valence-electron chi connectivity index (χ4n) is 1.77. The molecular weight excluding hydrogens is 242 g/mol. The van der Waals surface area contributed by atoms with E-state index in [1.54, 1.807) is 7.11 Å². The lowest BCUT2D eigenvalue weighted by molar-refractivity contribution is 0.410. The van der Waals surface area contributed by atoms with E-state index in [4.69, 9.17) is 4.74 Å². The van der Waals surface area contributed by atoms with E-state index in [0.29, 0.717) is 0 Å². The number of benzene rings is 1. The van der Waals surface area contributed by atoms with Crippen molar-refractivity contribution in [1.82, 2.24) is 5.32 Å². The Kier molecular flexibility index (Phi) is 2.54. The van der Waals surface area contributed by atoms with Crippen molar-refractivity contribution in [2.45, 2.75) is 18.4 Å². The molecule has 1 aromatic rings. The molecule has 1 fully saturated rings. The van der Waals surface area contributed by atoms with Gasteiger partial charge in [0.2, 0.25) is 0 Å². The average Bonchev–Trinajstić information content (AvgIpc) is 2.99. The van der Waals surface area contributed by atoms with Crippen LogP contribution in [0.5, 0.6) is 5.75 Å². The number of rotatable bonds is 3. The SMILES string of the molecule is CNC1(c2ccc(Br)c(OC)c2)CC1. The minimum atomic E-state index is 0.216. The van der Waals surface area contributed by atoms with Crippen LogP contribution in [0.15, 0.2) is 22.7 Å². The van der Waals surface area contributed by atoms with Crippen LogP contribution in [0.3, 0.4) is 0 Å². The molecule has 1 aromatic carbocycles. The van der Waals surface area contributed by atoms with Crippen LogP contribution in [0.25, 0.3) is 0 Å². The van der Waals surface area contributed by atoms with E-state index in [1.165, 1.54) is 18.4 Å². The highest BCUT2D eigenvalue weighted by Gasteiger charge is 2.42. The third-order valence-corrected chi connectivity index (χ3v) is 3.59. The molecule has 2 nitrogen and oxygen atoms in total. The Labute approximate surface area is 92.8 Å². The Balaban J connectivity index is 2.36. The Morgan fingerprint density at radius 3 is 2.64 bits per heavy atom.